The van der Waals surface area contributed by atoms with Gasteiger partial charge in [-0.2, -0.15) is 13.2 Å². The quantitative estimate of drug-likeness (QED) is 0.805. The van der Waals surface area contributed by atoms with E-state index in [0.29, 0.717) is 12.0 Å². The highest BCUT2D eigenvalue weighted by atomic mass is 19.4. The lowest BCUT2D eigenvalue weighted by molar-refractivity contribution is -0.137. The third kappa shape index (κ3) is 4.52. The summed E-state index contributed by atoms with van der Waals surface area (Å²) in [5.74, 6) is -0.0809. The maximum Gasteiger partial charge on any atom is 0.416 e. The predicted molar refractivity (Wildman–Crippen MR) is 103 cm³/mol. The molecule has 0 amide bonds. The summed E-state index contributed by atoms with van der Waals surface area (Å²) in [4.78, 5) is 15.0. The number of alkyl halides is 3. The molecule has 10 heteroatoms. The molecule has 0 unspecified atom stereocenters. The third-order valence-electron chi connectivity index (χ3n) is 5.16. The molecular weight excluding hydrogens is 387 g/mol. The van der Waals surface area contributed by atoms with Gasteiger partial charge in [-0.05, 0) is 37.1 Å². The fourth-order valence-electron chi connectivity index (χ4n) is 3.70. The van der Waals surface area contributed by atoms with Gasteiger partial charge in [-0.1, -0.05) is 13.8 Å². The van der Waals surface area contributed by atoms with Gasteiger partial charge in [0.25, 0.3) is 5.56 Å². The number of rotatable bonds is 4. The van der Waals surface area contributed by atoms with Crippen LogP contribution in [0, 0.1) is 5.92 Å². The predicted octanol–water partition coefficient (Wildman–Crippen LogP) is 2.71. The van der Waals surface area contributed by atoms with Gasteiger partial charge in [0.2, 0.25) is 5.82 Å². The molecule has 0 spiro atoms. The Hall–Kier alpha value is -2.62. The molecule has 1 aromatic heterocycles. The standard InChI is InChI=1S/C19H24F3N5O2/c1-4-27-9-11(2)7-13(10-27)23-16-18(29)26(3)17(25-24-16)14-6-5-12(8-15(14)28)19(20,21)22/h5-6,8,11,13,28H,4,7,9-10H2,1-3H3,(H,23,24)/t11-,13-/m1/s1. The van der Waals surface area contributed by atoms with Crippen LogP contribution < -0.4 is 10.9 Å². The fourth-order valence-corrected chi connectivity index (χ4v) is 3.70. The molecule has 1 fully saturated rings. The minimum absolute atomic E-state index is 0.0000896. The number of benzene rings is 1. The summed E-state index contributed by atoms with van der Waals surface area (Å²) in [6.07, 6.45) is -3.69. The number of anilines is 1. The molecule has 1 aromatic carbocycles. The molecule has 1 aliphatic heterocycles. The van der Waals surface area contributed by atoms with Gasteiger partial charge < -0.3 is 15.3 Å². The molecule has 0 radical (unpaired) electrons. The van der Waals surface area contributed by atoms with Crippen LogP contribution in [0.2, 0.25) is 0 Å². The van der Waals surface area contributed by atoms with Crippen LogP contribution in [0.1, 0.15) is 25.8 Å². The van der Waals surface area contributed by atoms with E-state index >= 15 is 0 Å². The van der Waals surface area contributed by atoms with Crippen molar-refractivity contribution >= 4 is 5.82 Å². The monoisotopic (exact) mass is 411 g/mol. The molecule has 29 heavy (non-hydrogen) atoms. The Kier molecular flexibility index (Phi) is 5.83. The number of phenols is 1. The van der Waals surface area contributed by atoms with E-state index in [1.54, 1.807) is 0 Å². The zero-order valence-electron chi connectivity index (χ0n) is 16.5. The van der Waals surface area contributed by atoms with Crippen LogP contribution in [-0.4, -0.2) is 50.4 Å². The third-order valence-corrected chi connectivity index (χ3v) is 5.16. The van der Waals surface area contributed by atoms with Crippen LogP contribution >= 0.6 is 0 Å². The molecule has 158 valence electrons. The van der Waals surface area contributed by atoms with Crippen LogP contribution in [0.4, 0.5) is 19.0 Å². The van der Waals surface area contributed by atoms with Crippen molar-refractivity contribution in [2.24, 2.45) is 13.0 Å². The number of likely N-dealkylation sites (tertiary alicyclic amines) is 1. The Bertz CT molecular complexity index is 944. The van der Waals surface area contributed by atoms with Gasteiger partial charge in [0.15, 0.2) is 5.82 Å². The number of hydrogen-bond donors (Lipinski definition) is 2. The molecule has 1 saturated heterocycles. The van der Waals surface area contributed by atoms with E-state index in [1.807, 2.05) is 0 Å². The molecule has 2 aromatic rings. The molecule has 2 heterocycles. The highest BCUT2D eigenvalue weighted by Gasteiger charge is 2.31. The number of piperidine rings is 1. The van der Waals surface area contributed by atoms with Crippen molar-refractivity contribution in [3.05, 3.63) is 34.1 Å². The molecule has 0 saturated carbocycles. The molecule has 0 aliphatic carbocycles. The fraction of sp³-hybridized carbons (Fsp3) is 0.526. The van der Waals surface area contributed by atoms with E-state index in [-0.39, 0.29) is 23.2 Å². The molecule has 0 bridgehead atoms. The van der Waals surface area contributed by atoms with Gasteiger partial charge in [0.1, 0.15) is 5.75 Å². The minimum Gasteiger partial charge on any atom is -0.507 e. The van der Waals surface area contributed by atoms with Crippen molar-refractivity contribution in [1.82, 2.24) is 19.7 Å². The Morgan fingerprint density at radius 1 is 1.28 bits per heavy atom. The van der Waals surface area contributed by atoms with E-state index in [0.717, 1.165) is 38.2 Å². The number of hydrogen-bond acceptors (Lipinski definition) is 6. The first-order valence-corrected chi connectivity index (χ1v) is 9.43. The topological polar surface area (TPSA) is 83.3 Å². The number of aromatic hydroxyl groups is 1. The summed E-state index contributed by atoms with van der Waals surface area (Å²) < 4.78 is 39.6. The van der Waals surface area contributed by atoms with Gasteiger partial charge in [-0.25, -0.2) is 0 Å². The van der Waals surface area contributed by atoms with Gasteiger partial charge in [-0.15, -0.1) is 10.2 Å². The average molecular weight is 411 g/mol. The second kappa shape index (κ2) is 8.02. The van der Waals surface area contributed by atoms with Crippen molar-refractivity contribution < 1.29 is 18.3 Å². The summed E-state index contributed by atoms with van der Waals surface area (Å²) in [5, 5.41) is 21.1. The maximum atomic E-state index is 12.8. The smallest absolute Gasteiger partial charge is 0.416 e. The van der Waals surface area contributed by atoms with E-state index in [2.05, 4.69) is 34.3 Å². The van der Waals surface area contributed by atoms with Crippen molar-refractivity contribution in [2.75, 3.05) is 25.0 Å². The first-order valence-electron chi connectivity index (χ1n) is 9.43. The average Bonchev–Trinajstić information content (AvgIpc) is 2.65. The summed E-state index contributed by atoms with van der Waals surface area (Å²) >= 11 is 0. The lowest BCUT2D eigenvalue weighted by Crippen LogP contribution is -2.46. The SMILES string of the molecule is CCN1C[C@H](C)C[C@@H](Nc2nnc(-c3ccc(C(F)(F)F)cc3O)n(C)c2=O)C1. The number of aromatic nitrogens is 3. The number of likely N-dealkylation sites (N-methyl/N-ethyl adjacent to an activating group) is 1. The van der Waals surface area contributed by atoms with Crippen molar-refractivity contribution in [3.8, 4) is 17.1 Å². The Balaban J connectivity index is 1.88. The summed E-state index contributed by atoms with van der Waals surface area (Å²) in [6, 6.07) is 2.56. The normalized spacial score (nSPS) is 20.6. The molecule has 7 nitrogen and oxygen atoms in total. The van der Waals surface area contributed by atoms with Crippen LogP contribution in [0.3, 0.4) is 0 Å². The zero-order valence-corrected chi connectivity index (χ0v) is 16.5. The second-order valence-corrected chi connectivity index (χ2v) is 7.50. The Morgan fingerprint density at radius 3 is 2.62 bits per heavy atom. The van der Waals surface area contributed by atoms with E-state index in [4.69, 9.17) is 0 Å². The zero-order chi connectivity index (χ0) is 21.3. The number of nitrogens with one attached hydrogen (secondary N) is 1. The molecule has 3 rings (SSSR count). The number of halogens is 3. The van der Waals surface area contributed by atoms with E-state index in [9.17, 15) is 23.1 Å². The van der Waals surface area contributed by atoms with Gasteiger partial charge in [-0.3, -0.25) is 9.36 Å². The summed E-state index contributed by atoms with van der Waals surface area (Å²) in [7, 11) is 1.44. The van der Waals surface area contributed by atoms with Gasteiger partial charge in [0, 0.05) is 26.2 Å². The minimum atomic E-state index is -4.58. The van der Waals surface area contributed by atoms with Crippen LogP contribution in [-0.2, 0) is 13.2 Å². The number of nitrogens with zero attached hydrogens (tertiary/aromatic N) is 4. The summed E-state index contributed by atoms with van der Waals surface area (Å²) in [5.41, 5.74) is -1.45. The van der Waals surface area contributed by atoms with Crippen molar-refractivity contribution in [1.29, 1.82) is 0 Å². The lowest BCUT2D eigenvalue weighted by Gasteiger charge is -2.36. The molecule has 2 atom stereocenters. The highest BCUT2D eigenvalue weighted by Crippen LogP contribution is 2.35. The molecule has 2 N–H and O–H groups in total. The second-order valence-electron chi connectivity index (χ2n) is 7.50. The van der Waals surface area contributed by atoms with Crippen LogP contribution in [0.15, 0.2) is 23.0 Å². The first-order chi connectivity index (χ1) is 13.6. The first kappa shape index (κ1) is 21.1. The Morgan fingerprint density at radius 2 is 2.00 bits per heavy atom. The van der Waals surface area contributed by atoms with Gasteiger partial charge >= 0.3 is 6.18 Å². The highest BCUT2D eigenvalue weighted by molar-refractivity contribution is 5.65. The van der Waals surface area contributed by atoms with E-state index < -0.39 is 23.0 Å². The van der Waals surface area contributed by atoms with Crippen LogP contribution in [0.5, 0.6) is 5.75 Å². The van der Waals surface area contributed by atoms with E-state index in [1.165, 1.54) is 11.6 Å². The summed E-state index contributed by atoms with van der Waals surface area (Å²) in [6.45, 7) is 6.94. The largest absolute Gasteiger partial charge is 0.507 e. The van der Waals surface area contributed by atoms with Gasteiger partial charge in [0.05, 0.1) is 11.1 Å². The Labute approximate surface area is 166 Å². The van der Waals surface area contributed by atoms with Crippen LogP contribution in [0.25, 0.3) is 11.4 Å². The van der Waals surface area contributed by atoms with Crippen molar-refractivity contribution in [3.63, 3.8) is 0 Å². The lowest BCUT2D eigenvalue weighted by atomic mass is 9.96. The molecular formula is C19H24F3N5O2. The molecule has 1 aliphatic rings. The number of phenolic OH excluding ortho intramolecular Hbond substituents is 1. The van der Waals surface area contributed by atoms with Crippen molar-refractivity contribution in [2.45, 2.75) is 32.5 Å². The maximum absolute atomic E-state index is 12.8.